The molecule has 0 aliphatic heterocycles. The molecule has 1 aromatic rings. The van der Waals surface area contributed by atoms with Gasteiger partial charge in [0.1, 0.15) is 0 Å². The number of nitrogens with two attached hydrogens (primary N) is 1. The van der Waals surface area contributed by atoms with E-state index < -0.39 is 0 Å². The summed E-state index contributed by atoms with van der Waals surface area (Å²) in [7, 11) is 3.75. The van der Waals surface area contributed by atoms with Crippen molar-refractivity contribution in [2.75, 3.05) is 27.3 Å². The minimum absolute atomic E-state index is 0.153. The second kappa shape index (κ2) is 6.10. The molecule has 4 heteroatoms. The van der Waals surface area contributed by atoms with Gasteiger partial charge in [-0.15, -0.1) is 0 Å². The molecule has 1 atom stereocenters. The summed E-state index contributed by atoms with van der Waals surface area (Å²) < 4.78 is 5.24. The summed E-state index contributed by atoms with van der Waals surface area (Å²) in [6.07, 6.45) is 0. The Balaban J connectivity index is 2.73. The molecular formula is C13H23N3O. The van der Waals surface area contributed by atoms with Crippen molar-refractivity contribution in [3.63, 3.8) is 0 Å². The Bertz CT molecular complexity index is 356. The van der Waals surface area contributed by atoms with E-state index in [4.69, 9.17) is 10.5 Å². The molecular weight excluding hydrogens is 214 g/mol. The Morgan fingerprint density at radius 3 is 2.71 bits per heavy atom. The fourth-order valence-electron chi connectivity index (χ4n) is 1.76. The fraction of sp³-hybridized carbons (Fsp3) is 0.615. The number of pyridine rings is 1. The second-order valence-electron chi connectivity index (χ2n) is 4.76. The standard InChI is InChI=1S/C13H23N3O/c1-11-6-5-7-12(15-11)8-16(3)13(2,9-14)10-17-4/h5-7H,8-10,14H2,1-4H3. The number of likely N-dealkylation sites (N-methyl/N-ethyl adjacent to an activating group) is 1. The first-order valence-corrected chi connectivity index (χ1v) is 5.84. The molecule has 0 aliphatic rings. The van der Waals surface area contributed by atoms with Crippen LogP contribution in [0.15, 0.2) is 18.2 Å². The number of nitrogens with zero attached hydrogens (tertiary/aromatic N) is 2. The van der Waals surface area contributed by atoms with Crippen LogP contribution in [0.25, 0.3) is 0 Å². The molecule has 0 aliphatic carbocycles. The first-order chi connectivity index (χ1) is 8.01. The Kier molecular flexibility index (Phi) is 5.05. The lowest BCUT2D eigenvalue weighted by molar-refractivity contribution is 0.0384. The van der Waals surface area contributed by atoms with Crippen LogP contribution in [-0.4, -0.2) is 42.7 Å². The normalized spacial score (nSPS) is 14.9. The molecule has 0 spiro atoms. The van der Waals surface area contributed by atoms with E-state index in [2.05, 4.69) is 23.9 Å². The lowest BCUT2D eigenvalue weighted by Gasteiger charge is -2.37. The van der Waals surface area contributed by atoms with E-state index in [9.17, 15) is 0 Å². The Morgan fingerprint density at radius 1 is 1.47 bits per heavy atom. The Hall–Kier alpha value is -0.970. The molecule has 2 N–H and O–H groups in total. The van der Waals surface area contributed by atoms with Crippen molar-refractivity contribution in [1.29, 1.82) is 0 Å². The predicted octanol–water partition coefficient (Wildman–Crippen LogP) is 1.19. The molecule has 0 amide bonds. The van der Waals surface area contributed by atoms with Gasteiger partial charge in [-0.2, -0.15) is 0 Å². The summed E-state index contributed by atoms with van der Waals surface area (Å²) in [6.45, 7) is 6.06. The summed E-state index contributed by atoms with van der Waals surface area (Å²) >= 11 is 0. The van der Waals surface area contributed by atoms with Crippen LogP contribution in [0, 0.1) is 6.92 Å². The van der Waals surface area contributed by atoms with Crippen LogP contribution in [0.5, 0.6) is 0 Å². The van der Waals surface area contributed by atoms with E-state index in [-0.39, 0.29) is 5.54 Å². The van der Waals surface area contributed by atoms with Crippen LogP contribution in [0.1, 0.15) is 18.3 Å². The van der Waals surface area contributed by atoms with E-state index in [1.54, 1.807) is 7.11 Å². The molecule has 17 heavy (non-hydrogen) atoms. The van der Waals surface area contributed by atoms with Gasteiger partial charge in [0.05, 0.1) is 17.8 Å². The van der Waals surface area contributed by atoms with Gasteiger partial charge in [-0.05, 0) is 33.0 Å². The smallest absolute Gasteiger partial charge is 0.0656 e. The topological polar surface area (TPSA) is 51.4 Å². The largest absolute Gasteiger partial charge is 0.383 e. The van der Waals surface area contributed by atoms with Gasteiger partial charge in [0.15, 0.2) is 0 Å². The Labute approximate surface area is 104 Å². The SMILES string of the molecule is COCC(C)(CN)N(C)Cc1cccc(C)n1. The molecule has 0 aromatic carbocycles. The van der Waals surface area contributed by atoms with Crippen molar-refractivity contribution >= 4 is 0 Å². The molecule has 0 saturated carbocycles. The van der Waals surface area contributed by atoms with Crippen LogP contribution in [0.2, 0.25) is 0 Å². The molecule has 4 nitrogen and oxygen atoms in total. The number of rotatable bonds is 6. The van der Waals surface area contributed by atoms with E-state index in [0.29, 0.717) is 13.2 Å². The number of aromatic nitrogens is 1. The van der Waals surface area contributed by atoms with E-state index in [1.807, 2.05) is 25.1 Å². The van der Waals surface area contributed by atoms with E-state index in [1.165, 1.54) is 0 Å². The average Bonchev–Trinajstić information content (AvgIpc) is 2.29. The minimum Gasteiger partial charge on any atom is -0.383 e. The van der Waals surface area contributed by atoms with Gasteiger partial charge in [0, 0.05) is 25.9 Å². The quantitative estimate of drug-likeness (QED) is 0.807. The molecule has 1 heterocycles. The molecule has 0 radical (unpaired) electrons. The van der Waals surface area contributed by atoms with E-state index in [0.717, 1.165) is 17.9 Å². The molecule has 1 rings (SSSR count). The van der Waals surface area contributed by atoms with Crippen molar-refractivity contribution in [3.05, 3.63) is 29.6 Å². The number of aryl methyl sites for hydroxylation is 1. The van der Waals surface area contributed by atoms with Crippen molar-refractivity contribution in [2.45, 2.75) is 25.9 Å². The Morgan fingerprint density at radius 2 is 2.18 bits per heavy atom. The third-order valence-electron chi connectivity index (χ3n) is 3.16. The highest BCUT2D eigenvalue weighted by atomic mass is 16.5. The first-order valence-electron chi connectivity index (χ1n) is 5.84. The highest BCUT2D eigenvalue weighted by Gasteiger charge is 2.27. The van der Waals surface area contributed by atoms with Gasteiger partial charge in [0.25, 0.3) is 0 Å². The van der Waals surface area contributed by atoms with Gasteiger partial charge in [-0.25, -0.2) is 0 Å². The highest BCUT2D eigenvalue weighted by Crippen LogP contribution is 2.15. The number of hydrogen-bond donors (Lipinski definition) is 1. The zero-order valence-electron chi connectivity index (χ0n) is 11.2. The molecule has 0 saturated heterocycles. The summed E-state index contributed by atoms with van der Waals surface area (Å²) in [5.41, 5.74) is 7.78. The predicted molar refractivity (Wildman–Crippen MR) is 69.8 cm³/mol. The summed E-state index contributed by atoms with van der Waals surface area (Å²) in [4.78, 5) is 6.69. The molecule has 1 aromatic heterocycles. The van der Waals surface area contributed by atoms with Crippen molar-refractivity contribution in [2.24, 2.45) is 5.73 Å². The molecule has 0 bridgehead atoms. The zero-order chi connectivity index (χ0) is 12.9. The van der Waals surface area contributed by atoms with Gasteiger partial charge in [0.2, 0.25) is 0 Å². The number of ether oxygens (including phenoxy) is 1. The molecule has 96 valence electrons. The minimum atomic E-state index is -0.153. The van der Waals surface area contributed by atoms with Crippen LogP contribution < -0.4 is 5.73 Å². The van der Waals surface area contributed by atoms with Crippen molar-refractivity contribution in [3.8, 4) is 0 Å². The summed E-state index contributed by atoms with van der Waals surface area (Å²) in [5, 5.41) is 0. The van der Waals surface area contributed by atoms with Crippen LogP contribution in [0.4, 0.5) is 0 Å². The number of hydrogen-bond acceptors (Lipinski definition) is 4. The lowest BCUT2D eigenvalue weighted by atomic mass is 10.0. The van der Waals surface area contributed by atoms with Crippen molar-refractivity contribution in [1.82, 2.24) is 9.88 Å². The maximum absolute atomic E-state index is 5.84. The monoisotopic (exact) mass is 237 g/mol. The first kappa shape index (κ1) is 14.1. The fourth-order valence-corrected chi connectivity index (χ4v) is 1.76. The lowest BCUT2D eigenvalue weighted by Crippen LogP contribution is -2.52. The number of methoxy groups -OCH3 is 1. The van der Waals surface area contributed by atoms with Crippen molar-refractivity contribution < 1.29 is 4.74 Å². The van der Waals surface area contributed by atoms with Crippen LogP contribution in [0.3, 0.4) is 0 Å². The molecule has 0 fully saturated rings. The van der Waals surface area contributed by atoms with Gasteiger partial charge in [-0.3, -0.25) is 9.88 Å². The second-order valence-corrected chi connectivity index (χ2v) is 4.76. The van der Waals surface area contributed by atoms with Crippen LogP contribution in [-0.2, 0) is 11.3 Å². The maximum atomic E-state index is 5.84. The average molecular weight is 237 g/mol. The zero-order valence-corrected chi connectivity index (χ0v) is 11.2. The maximum Gasteiger partial charge on any atom is 0.0656 e. The summed E-state index contributed by atoms with van der Waals surface area (Å²) in [5.74, 6) is 0. The van der Waals surface area contributed by atoms with Crippen LogP contribution >= 0.6 is 0 Å². The molecule has 1 unspecified atom stereocenters. The van der Waals surface area contributed by atoms with E-state index >= 15 is 0 Å². The van der Waals surface area contributed by atoms with Gasteiger partial charge >= 0.3 is 0 Å². The third-order valence-corrected chi connectivity index (χ3v) is 3.16. The van der Waals surface area contributed by atoms with Gasteiger partial charge in [-0.1, -0.05) is 6.07 Å². The van der Waals surface area contributed by atoms with Gasteiger partial charge < -0.3 is 10.5 Å². The highest BCUT2D eigenvalue weighted by molar-refractivity contribution is 5.10. The third kappa shape index (κ3) is 3.77. The summed E-state index contributed by atoms with van der Waals surface area (Å²) in [6, 6.07) is 6.07.